The van der Waals surface area contributed by atoms with E-state index in [2.05, 4.69) is 31.0 Å². The Balaban J connectivity index is 2.31. The van der Waals surface area contributed by atoms with Gasteiger partial charge < -0.3 is 10.2 Å². The van der Waals surface area contributed by atoms with E-state index in [4.69, 9.17) is 0 Å². The quantitative estimate of drug-likeness (QED) is 0.679. The van der Waals surface area contributed by atoms with E-state index in [1.165, 1.54) is 19.3 Å². The molecule has 1 aliphatic heterocycles. The lowest BCUT2D eigenvalue weighted by atomic mass is 9.98. The highest BCUT2D eigenvalue weighted by atomic mass is 16.2. The number of carbonyl (C=O) groups excluding carboxylic acids is 1. The summed E-state index contributed by atoms with van der Waals surface area (Å²) in [5, 5.41) is 3.50. The first-order chi connectivity index (χ1) is 9.21. The van der Waals surface area contributed by atoms with E-state index in [1.54, 1.807) is 0 Å². The number of likely N-dealkylation sites (tertiary alicyclic amines) is 1. The van der Waals surface area contributed by atoms with Crippen molar-refractivity contribution in [3.05, 3.63) is 0 Å². The molecule has 0 aliphatic carbocycles. The summed E-state index contributed by atoms with van der Waals surface area (Å²) >= 11 is 0. The third-order valence-corrected chi connectivity index (χ3v) is 3.94. The van der Waals surface area contributed by atoms with Gasteiger partial charge in [-0.15, -0.1) is 0 Å². The molecule has 0 aromatic heterocycles. The maximum atomic E-state index is 12.1. The molecule has 1 heterocycles. The third-order valence-electron chi connectivity index (χ3n) is 3.94. The minimum atomic E-state index is 0.284. The predicted octanol–water partition coefficient (Wildman–Crippen LogP) is 1.57. The van der Waals surface area contributed by atoms with Crippen LogP contribution in [0.1, 0.15) is 40.0 Å². The molecule has 1 fully saturated rings. The molecule has 4 nitrogen and oxygen atoms in total. The lowest BCUT2D eigenvalue weighted by Crippen LogP contribution is -2.45. The molecule has 1 amide bonds. The molecule has 0 aromatic rings. The molecular formula is C15H31N3O. The zero-order chi connectivity index (χ0) is 14.1. The van der Waals surface area contributed by atoms with Gasteiger partial charge in [-0.05, 0) is 58.7 Å². The van der Waals surface area contributed by atoms with Crippen molar-refractivity contribution in [2.24, 2.45) is 5.92 Å². The zero-order valence-corrected chi connectivity index (χ0v) is 13.0. The fourth-order valence-corrected chi connectivity index (χ4v) is 2.81. The van der Waals surface area contributed by atoms with Gasteiger partial charge in [0.2, 0.25) is 5.91 Å². The predicted molar refractivity (Wildman–Crippen MR) is 80.3 cm³/mol. The number of likely N-dealkylation sites (N-methyl/N-ethyl adjacent to an activating group) is 1. The molecule has 0 spiro atoms. The number of amides is 1. The van der Waals surface area contributed by atoms with Gasteiger partial charge in [-0.3, -0.25) is 9.69 Å². The maximum Gasteiger partial charge on any atom is 0.236 e. The van der Waals surface area contributed by atoms with Gasteiger partial charge in [0.25, 0.3) is 0 Å². The molecule has 0 bridgehead atoms. The number of rotatable bonds is 8. The molecule has 1 saturated heterocycles. The first-order valence-electron chi connectivity index (χ1n) is 7.92. The molecule has 19 heavy (non-hydrogen) atoms. The Morgan fingerprint density at radius 1 is 1.32 bits per heavy atom. The van der Waals surface area contributed by atoms with Gasteiger partial charge in [0.05, 0.1) is 6.54 Å². The second kappa shape index (κ2) is 9.32. The number of carbonyl (C=O) groups is 1. The minimum absolute atomic E-state index is 0.284. The van der Waals surface area contributed by atoms with Crippen LogP contribution in [0.25, 0.3) is 0 Å². The second-order valence-electron chi connectivity index (χ2n) is 5.51. The molecule has 1 aliphatic rings. The SMILES string of the molecule is CCCNCC1CCCN(CC(=O)N(CC)CC)C1. The van der Waals surface area contributed by atoms with Gasteiger partial charge in [-0.2, -0.15) is 0 Å². The highest BCUT2D eigenvalue weighted by molar-refractivity contribution is 5.78. The number of nitrogens with zero attached hydrogens (tertiary/aromatic N) is 2. The average molecular weight is 269 g/mol. The molecule has 0 aromatic carbocycles. The minimum Gasteiger partial charge on any atom is -0.342 e. The van der Waals surface area contributed by atoms with Crippen molar-refractivity contribution in [2.75, 3.05) is 45.8 Å². The summed E-state index contributed by atoms with van der Waals surface area (Å²) in [5.41, 5.74) is 0. The molecule has 1 atom stereocenters. The van der Waals surface area contributed by atoms with Gasteiger partial charge in [0, 0.05) is 19.6 Å². The summed E-state index contributed by atoms with van der Waals surface area (Å²) in [6.45, 7) is 12.9. The van der Waals surface area contributed by atoms with Crippen LogP contribution in [0.15, 0.2) is 0 Å². The summed E-state index contributed by atoms with van der Waals surface area (Å²) < 4.78 is 0. The van der Waals surface area contributed by atoms with Crippen molar-refractivity contribution in [3.8, 4) is 0 Å². The Morgan fingerprint density at radius 2 is 2.05 bits per heavy atom. The van der Waals surface area contributed by atoms with Crippen LogP contribution in [0.2, 0.25) is 0 Å². The van der Waals surface area contributed by atoms with Crippen molar-refractivity contribution in [1.82, 2.24) is 15.1 Å². The van der Waals surface area contributed by atoms with Gasteiger partial charge in [-0.1, -0.05) is 6.92 Å². The van der Waals surface area contributed by atoms with Gasteiger partial charge >= 0.3 is 0 Å². The average Bonchev–Trinajstić information content (AvgIpc) is 2.41. The lowest BCUT2D eigenvalue weighted by Gasteiger charge is -2.33. The third kappa shape index (κ3) is 5.91. The summed E-state index contributed by atoms with van der Waals surface area (Å²) in [7, 11) is 0. The Morgan fingerprint density at radius 3 is 2.68 bits per heavy atom. The molecular weight excluding hydrogens is 238 g/mol. The van der Waals surface area contributed by atoms with Crippen LogP contribution >= 0.6 is 0 Å². The lowest BCUT2D eigenvalue weighted by molar-refractivity contribution is -0.132. The molecule has 0 saturated carbocycles. The van der Waals surface area contributed by atoms with Crippen LogP contribution in [-0.2, 0) is 4.79 Å². The number of hydrogen-bond donors (Lipinski definition) is 1. The van der Waals surface area contributed by atoms with Crippen LogP contribution < -0.4 is 5.32 Å². The fraction of sp³-hybridized carbons (Fsp3) is 0.933. The number of piperidine rings is 1. The van der Waals surface area contributed by atoms with Crippen LogP contribution in [0.3, 0.4) is 0 Å². The van der Waals surface area contributed by atoms with Gasteiger partial charge in [-0.25, -0.2) is 0 Å². The summed E-state index contributed by atoms with van der Waals surface area (Å²) in [6, 6.07) is 0. The van der Waals surface area contributed by atoms with Crippen molar-refractivity contribution in [1.29, 1.82) is 0 Å². The van der Waals surface area contributed by atoms with Crippen molar-refractivity contribution >= 4 is 5.91 Å². The van der Waals surface area contributed by atoms with Crippen LogP contribution in [0, 0.1) is 5.92 Å². The number of hydrogen-bond acceptors (Lipinski definition) is 3. The Kier molecular flexibility index (Phi) is 8.07. The van der Waals surface area contributed by atoms with Crippen LogP contribution in [0.4, 0.5) is 0 Å². The highest BCUT2D eigenvalue weighted by Gasteiger charge is 2.22. The maximum absolute atomic E-state index is 12.1. The van der Waals surface area contributed by atoms with Crippen LogP contribution in [-0.4, -0.2) is 61.5 Å². The summed E-state index contributed by atoms with van der Waals surface area (Å²) in [4.78, 5) is 16.4. The largest absolute Gasteiger partial charge is 0.342 e. The molecule has 1 unspecified atom stereocenters. The van der Waals surface area contributed by atoms with E-state index in [1.807, 2.05) is 4.90 Å². The van der Waals surface area contributed by atoms with Crippen molar-refractivity contribution in [3.63, 3.8) is 0 Å². The molecule has 4 heteroatoms. The topological polar surface area (TPSA) is 35.6 Å². The summed E-state index contributed by atoms with van der Waals surface area (Å²) in [5.74, 6) is 0.997. The smallest absolute Gasteiger partial charge is 0.236 e. The first kappa shape index (κ1) is 16.4. The highest BCUT2D eigenvalue weighted by Crippen LogP contribution is 2.15. The Bertz CT molecular complexity index is 254. The number of nitrogens with one attached hydrogen (secondary N) is 1. The van der Waals surface area contributed by atoms with E-state index in [9.17, 15) is 4.79 Å². The van der Waals surface area contributed by atoms with Gasteiger partial charge in [0.15, 0.2) is 0 Å². The van der Waals surface area contributed by atoms with Crippen molar-refractivity contribution < 1.29 is 4.79 Å². The fourth-order valence-electron chi connectivity index (χ4n) is 2.81. The monoisotopic (exact) mass is 269 g/mol. The van der Waals surface area contributed by atoms with E-state index in [0.717, 1.165) is 39.3 Å². The first-order valence-corrected chi connectivity index (χ1v) is 7.92. The molecule has 1 rings (SSSR count). The normalized spacial score (nSPS) is 20.5. The van der Waals surface area contributed by atoms with E-state index in [0.29, 0.717) is 12.5 Å². The molecule has 1 N–H and O–H groups in total. The van der Waals surface area contributed by atoms with Crippen molar-refractivity contribution in [2.45, 2.75) is 40.0 Å². The molecule has 112 valence electrons. The van der Waals surface area contributed by atoms with E-state index < -0.39 is 0 Å². The zero-order valence-electron chi connectivity index (χ0n) is 13.0. The molecule has 0 radical (unpaired) electrons. The Hall–Kier alpha value is -0.610. The summed E-state index contributed by atoms with van der Waals surface area (Å²) in [6.07, 6.45) is 3.72. The van der Waals surface area contributed by atoms with E-state index >= 15 is 0 Å². The van der Waals surface area contributed by atoms with Gasteiger partial charge in [0.1, 0.15) is 0 Å². The van der Waals surface area contributed by atoms with E-state index in [-0.39, 0.29) is 5.91 Å². The van der Waals surface area contributed by atoms with Crippen LogP contribution in [0.5, 0.6) is 0 Å². The second-order valence-corrected chi connectivity index (χ2v) is 5.51. The Labute approximate surface area is 118 Å². The standard InChI is InChI=1S/C15H31N3O/c1-4-9-16-11-14-8-7-10-17(12-14)13-15(19)18(5-2)6-3/h14,16H,4-13H2,1-3H3.